The fraction of sp³-hybridized carbons (Fsp3) is 0.227. The van der Waals surface area contributed by atoms with Gasteiger partial charge in [-0.3, -0.25) is 9.10 Å². The lowest BCUT2D eigenvalue weighted by molar-refractivity contribution is -0.122. The van der Waals surface area contributed by atoms with Crippen molar-refractivity contribution < 1.29 is 13.2 Å². The van der Waals surface area contributed by atoms with E-state index in [1.807, 2.05) is 42.5 Å². The lowest BCUT2D eigenvalue weighted by atomic mass is 10.0. The number of halogens is 1. The van der Waals surface area contributed by atoms with Gasteiger partial charge in [-0.2, -0.15) is 0 Å². The van der Waals surface area contributed by atoms with Crippen molar-refractivity contribution in [1.82, 2.24) is 5.32 Å². The van der Waals surface area contributed by atoms with Gasteiger partial charge in [-0.15, -0.1) is 0 Å². The molecule has 0 saturated carbocycles. The summed E-state index contributed by atoms with van der Waals surface area (Å²) in [5, 5.41) is 5.55. The van der Waals surface area contributed by atoms with Crippen molar-refractivity contribution in [3.63, 3.8) is 0 Å². The normalized spacial score (nSPS) is 12.5. The molecule has 0 aliphatic heterocycles. The molecule has 0 spiro atoms. The molecule has 0 heterocycles. The first-order chi connectivity index (χ1) is 13.8. The van der Waals surface area contributed by atoms with E-state index in [4.69, 9.17) is 11.6 Å². The van der Waals surface area contributed by atoms with Gasteiger partial charge in [-0.1, -0.05) is 61.0 Å². The van der Waals surface area contributed by atoms with Crippen LogP contribution in [0.15, 0.2) is 66.7 Å². The first kappa shape index (κ1) is 21.1. The molecule has 0 bridgehead atoms. The van der Waals surface area contributed by atoms with Gasteiger partial charge in [-0.25, -0.2) is 8.42 Å². The molecule has 0 saturated heterocycles. The third kappa shape index (κ3) is 4.89. The molecule has 0 aromatic heterocycles. The quantitative estimate of drug-likeness (QED) is 0.605. The minimum atomic E-state index is -3.68. The smallest absolute Gasteiger partial charge is 0.244 e. The van der Waals surface area contributed by atoms with Crippen LogP contribution in [0.25, 0.3) is 10.8 Å². The maximum absolute atomic E-state index is 13.0. The number of anilines is 1. The van der Waals surface area contributed by atoms with Gasteiger partial charge in [0.1, 0.15) is 6.04 Å². The molecular formula is C22H23ClN2O3S. The number of sulfonamides is 1. The summed E-state index contributed by atoms with van der Waals surface area (Å²) in [6.07, 6.45) is 1.43. The standard InChI is InChI=1S/C22H23ClN2O3S/c1-3-21(25(29(2,27)28)19-13-11-18(23)12-14-19)22(26)24-15-17-9-6-8-16-7-4-5-10-20(16)17/h4-14,21H,3,15H2,1-2H3,(H,24,26)/t21-/m1/s1. The highest BCUT2D eigenvalue weighted by Gasteiger charge is 2.31. The molecule has 3 rings (SSSR count). The summed E-state index contributed by atoms with van der Waals surface area (Å²) >= 11 is 5.92. The first-order valence-corrected chi connectivity index (χ1v) is 11.5. The summed E-state index contributed by atoms with van der Waals surface area (Å²) in [6, 6.07) is 19.4. The Hall–Kier alpha value is -2.57. The molecule has 0 fully saturated rings. The molecular weight excluding hydrogens is 408 g/mol. The topological polar surface area (TPSA) is 66.5 Å². The van der Waals surface area contributed by atoms with E-state index < -0.39 is 16.1 Å². The van der Waals surface area contributed by atoms with Crippen LogP contribution in [-0.2, 0) is 21.4 Å². The van der Waals surface area contributed by atoms with Crippen molar-refractivity contribution in [2.45, 2.75) is 25.9 Å². The van der Waals surface area contributed by atoms with E-state index in [0.29, 0.717) is 23.7 Å². The van der Waals surface area contributed by atoms with Gasteiger partial charge in [0.15, 0.2) is 0 Å². The molecule has 1 N–H and O–H groups in total. The molecule has 0 aliphatic carbocycles. The summed E-state index contributed by atoms with van der Waals surface area (Å²) in [4.78, 5) is 13.0. The molecule has 0 aliphatic rings. The Balaban J connectivity index is 1.85. The molecule has 3 aromatic rings. The van der Waals surface area contributed by atoms with E-state index in [9.17, 15) is 13.2 Å². The Morgan fingerprint density at radius 2 is 1.69 bits per heavy atom. The number of fused-ring (bicyclic) bond motifs is 1. The SMILES string of the molecule is CC[C@H](C(=O)NCc1cccc2ccccc12)N(c1ccc(Cl)cc1)S(C)(=O)=O. The monoisotopic (exact) mass is 430 g/mol. The molecule has 5 nitrogen and oxygen atoms in total. The Morgan fingerprint density at radius 1 is 1.03 bits per heavy atom. The highest BCUT2D eigenvalue weighted by atomic mass is 35.5. The van der Waals surface area contributed by atoms with Crippen LogP contribution in [-0.4, -0.2) is 26.6 Å². The summed E-state index contributed by atoms with van der Waals surface area (Å²) in [5.74, 6) is -0.346. The lowest BCUT2D eigenvalue weighted by Gasteiger charge is -2.30. The van der Waals surface area contributed by atoms with E-state index in [1.54, 1.807) is 31.2 Å². The molecule has 29 heavy (non-hydrogen) atoms. The van der Waals surface area contributed by atoms with Gasteiger partial charge in [0.25, 0.3) is 0 Å². The van der Waals surface area contributed by atoms with Crippen molar-refractivity contribution in [2.75, 3.05) is 10.6 Å². The summed E-state index contributed by atoms with van der Waals surface area (Å²) in [5.41, 5.74) is 1.38. The van der Waals surface area contributed by atoms with E-state index >= 15 is 0 Å². The van der Waals surface area contributed by atoms with E-state index in [1.165, 1.54) is 0 Å². The van der Waals surface area contributed by atoms with Crippen molar-refractivity contribution in [1.29, 1.82) is 0 Å². The first-order valence-electron chi connectivity index (χ1n) is 9.30. The fourth-order valence-electron chi connectivity index (χ4n) is 3.40. The highest BCUT2D eigenvalue weighted by molar-refractivity contribution is 7.92. The van der Waals surface area contributed by atoms with Crippen LogP contribution < -0.4 is 9.62 Å². The van der Waals surface area contributed by atoms with Crippen molar-refractivity contribution in [3.05, 3.63) is 77.3 Å². The number of nitrogens with one attached hydrogen (secondary N) is 1. The molecule has 1 amide bonds. The minimum Gasteiger partial charge on any atom is -0.350 e. The number of amides is 1. The Kier molecular flexibility index (Phi) is 6.45. The summed E-state index contributed by atoms with van der Waals surface area (Å²) in [6.45, 7) is 2.10. The number of hydrogen-bond acceptors (Lipinski definition) is 3. The molecule has 3 aromatic carbocycles. The van der Waals surface area contributed by atoms with E-state index in [2.05, 4.69) is 5.32 Å². The van der Waals surface area contributed by atoms with Crippen molar-refractivity contribution in [2.24, 2.45) is 0 Å². The number of benzene rings is 3. The van der Waals surface area contributed by atoms with Crippen LogP contribution in [0.4, 0.5) is 5.69 Å². The second kappa shape index (κ2) is 8.84. The van der Waals surface area contributed by atoms with Crippen LogP contribution in [0.1, 0.15) is 18.9 Å². The minimum absolute atomic E-state index is 0.314. The van der Waals surface area contributed by atoms with E-state index in [0.717, 1.165) is 26.9 Å². The molecule has 1 atom stereocenters. The second-order valence-corrected chi connectivity index (χ2v) is 9.11. The predicted octanol–water partition coefficient (Wildman–Crippen LogP) is 4.35. The predicted molar refractivity (Wildman–Crippen MR) is 119 cm³/mol. The Morgan fingerprint density at radius 3 is 2.34 bits per heavy atom. The van der Waals surface area contributed by atoms with Crippen molar-refractivity contribution in [3.8, 4) is 0 Å². The van der Waals surface area contributed by atoms with E-state index in [-0.39, 0.29) is 5.91 Å². The number of nitrogens with zero attached hydrogens (tertiary/aromatic N) is 1. The summed E-state index contributed by atoms with van der Waals surface area (Å²) in [7, 11) is -3.68. The third-order valence-corrected chi connectivity index (χ3v) is 6.18. The maximum atomic E-state index is 13.0. The zero-order chi connectivity index (χ0) is 21.0. The van der Waals surface area contributed by atoms with Crippen LogP contribution in [0.2, 0.25) is 5.02 Å². The Bertz CT molecular complexity index is 1110. The van der Waals surface area contributed by atoms with Crippen molar-refractivity contribution >= 4 is 44.0 Å². The fourth-order valence-corrected chi connectivity index (χ4v) is 4.73. The van der Waals surface area contributed by atoms with Gasteiger partial charge in [-0.05, 0) is 47.0 Å². The number of carbonyl (C=O) groups is 1. The maximum Gasteiger partial charge on any atom is 0.244 e. The van der Waals surface area contributed by atoms with Crippen LogP contribution in [0, 0.1) is 0 Å². The van der Waals surface area contributed by atoms with Crippen LogP contribution in [0.3, 0.4) is 0 Å². The van der Waals surface area contributed by atoms with Crippen LogP contribution >= 0.6 is 11.6 Å². The van der Waals surface area contributed by atoms with Crippen LogP contribution in [0.5, 0.6) is 0 Å². The van der Waals surface area contributed by atoms with Gasteiger partial charge < -0.3 is 5.32 Å². The van der Waals surface area contributed by atoms with Gasteiger partial charge in [0, 0.05) is 11.6 Å². The number of carbonyl (C=O) groups excluding carboxylic acids is 1. The lowest BCUT2D eigenvalue weighted by Crippen LogP contribution is -2.49. The van der Waals surface area contributed by atoms with Gasteiger partial charge >= 0.3 is 0 Å². The zero-order valence-electron chi connectivity index (χ0n) is 16.3. The molecule has 0 unspecified atom stereocenters. The van der Waals surface area contributed by atoms with Gasteiger partial charge in [0.2, 0.25) is 15.9 Å². The number of rotatable bonds is 7. The zero-order valence-corrected chi connectivity index (χ0v) is 17.9. The third-order valence-electron chi connectivity index (χ3n) is 4.74. The number of hydrogen-bond donors (Lipinski definition) is 1. The molecule has 0 radical (unpaired) electrons. The summed E-state index contributed by atoms with van der Waals surface area (Å²) < 4.78 is 26.1. The average molecular weight is 431 g/mol. The highest BCUT2D eigenvalue weighted by Crippen LogP contribution is 2.25. The molecule has 152 valence electrons. The molecule has 7 heteroatoms. The second-order valence-electron chi connectivity index (χ2n) is 6.82. The Labute approximate surface area is 176 Å². The van der Waals surface area contributed by atoms with Gasteiger partial charge in [0.05, 0.1) is 11.9 Å². The average Bonchev–Trinajstić information content (AvgIpc) is 2.70. The largest absolute Gasteiger partial charge is 0.350 e.